The van der Waals surface area contributed by atoms with E-state index in [0.717, 1.165) is 4.47 Å². The molecule has 0 saturated heterocycles. The summed E-state index contributed by atoms with van der Waals surface area (Å²) in [6.45, 7) is -2.76. The second kappa shape index (κ2) is 10.1. The number of alkyl halides is 2. The van der Waals surface area contributed by atoms with Gasteiger partial charge in [-0.05, 0) is 70.5 Å². The van der Waals surface area contributed by atoms with Crippen molar-refractivity contribution < 1.29 is 32.2 Å². The number of hydrogen-bond donors (Lipinski definition) is 0. The second-order valence-electron chi connectivity index (χ2n) is 5.96. The van der Waals surface area contributed by atoms with E-state index in [4.69, 9.17) is 13.9 Å². The van der Waals surface area contributed by atoms with E-state index in [9.17, 15) is 13.6 Å². The molecule has 0 N–H and O–H groups in total. The summed E-state index contributed by atoms with van der Waals surface area (Å²) in [6, 6.07) is 14.9. The van der Waals surface area contributed by atoms with Gasteiger partial charge in [0.2, 0.25) is 0 Å². The van der Waals surface area contributed by atoms with Crippen molar-refractivity contribution in [3.8, 4) is 17.2 Å². The highest BCUT2D eigenvalue weighted by Crippen LogP contribution is 2.30. The quantitative estimate of drug-likeness (QED) is 0.273. The van der Waals surface area contributed by atoms with Gasteiger partial charge in [-0.1, -0.05) is 12.1 Å². The third-order valence-electron chi connectivity index (χ3n) is 3.95. The molecule has 156 valence electrons. The zero-order valence-electron chi connectivity index (χ0n) is 15.8. The minimum Gasteiger partial charge on any atom is -0.493 e. The van der Waals surface area contributed by atoms with Crippen LogP contribution in [0.2, 0.25) is 0 Å². The lowest BCUT2D eigenvalue weighted by atomic mass is 10.1. The van der Waals surface area contributed by atoms with Gasteiger partial charge < -0.3 is 18.6 Å². The highest BCUT2D eigenvalue weighted by Gasteiger charge is 2.13. The van der Waals surface area contributed by atoms with Crippen molar-refractivity contribution in [2.45, 2.75) is 13.2 Å². The molecule has 2 aromatic carbocycles. The Balaban J connectivity index is 1.63. The number of methoxy groups -OCH3 is 1. The second-order valence-corrected chi connectivity index (χ2v) is 6.82. The molecule has 0 bridgehead atoms. The van der Waals surface area contributed by atoms with Gasteiger partial charge in [-0.3, -0.25) is 4.79 Å². The molecule has 0 saturated carbocycles. The van der Waals surface area contributed by atoms with E-state index in [-0.39, 0.29) is 29.5 Å². The van der Waals surface area contributed by atoms with Crippen LogP contribution in [0.15, 0.2) is 69.6 Å². The zero-order valence-corrected chi connectivity index (χ0v) is 17.4. The van der Waals surface area contributed by atoms with Gasteiger partial charge in [-0.25, -0.2) is 0 Å². The summed E-state index contributed by atoms with van der Waals surface area (Å²) >= 11 is 3.41. The predicted octanol–water partition coefficient (Wildman–Crippen LogP) is 6.13. The first-order valence-corrected chi connectivity index (χ1v) is 9.57. The molecule has 0 aliphatic carbocycles. The van der Waals surface area contributed by atoms with E-state index >= 15 is 0 Å². The van der Waals surface area contributed by atoms with Crippen LogP contribution in [0, 0.1) is 0 Å². The average Bonchev–Trinajstić information content (AvgIpc) is 3.19. The Morgan fingerprint density at radius 1 is 1.10 bits per heavy atom. The molecule has 3 rings (SSSR count). The summed E-state index contributed by atoms with van der Waals surface area (Å²) in [4.78, 5) is 12.4. The van der Waals surface area contributed by atoms with Crippen molar-refractivity contribution >= 4 is 27.8 Å². The first-order valence-electron chi connectivity index (χ1n) is 8.77. The van der Waals surface area contributed by atoms with Crippen molar-refractivity contribution in [3.05, 3.63) is 82.2 Å². The standard InChI is InChI=1S/C22H17BrF2O5/c1-27-21-12-14(6-11-20(21)30-22(24)25)18(26)10-9-15-7-8-16(29-15)13-28-19-5-3-2-4-17(19)23/h2-12,22H,13H2,1H3/b10-9+. The zero-order chi connectivity index (χ0) is 21.5. The SMILES string of the molecule is COc1cc(C(=O)/C=C/c2ccc(COc3ccccc3Br)o2)ccc1OC(F)F. The summed E-state index contributed by atoms with van der Waals surface area (Å²) in [6.07, 6.45) is 2.83. The van der Waals surface area contributed by atoms with Crippen molar-refractivity contribution in [2.24, 2.45) is 0 Å². The van der Waals surface area contributed by atoms with Gasteiger partial charge in [-0.15, -0.1) is 0 Å². The molecule has 0 spiro atoms. The van der Waals surface area contributed by atoms with Gasteiger partial charge in [0.05, 0.1) is 11.6 Å². The number of para-hydroxylation sites is 1. The molecule has 1 heterocycles. The summed E-state index contributed by atoms with van der Waals surface area (Å²) < 4.78 is 46.3. The fraction of sp³-hybridized carbons (Fsp3) is 0.136. The van der Waals surface area contributed by atoms with E-state index in [1.54, 1.807) is 12.1 Å². The van der Waals surface area contributed by atoms with E-state index in [1.807, 2.05) is 24.3 Å². The summed E-state index contributed by atoms with van der Waals surface area (Å²) in [7, 11) is 1.30. The van der Waals surface area contributed by atoms with Crippen LogP contribution >= 0.6 is 15.9 Å². The first-order chi connectivity index (χ1) is 14.5. The number of ether oxygens (including phenoxy) is 3. The Kier molecular flexibility index (Phi) is 7.24. The molecule has 0 radical (unpaired) electrons. The first kappa shape index (κ1) is 21.6. The number of ketones is 1. The van der Waals surface area contributed by atoms with Crippen LogP contribution < -0.4 is 14.2 Å². The molecular formula is C22H17BrF2O5. The molecule has 1 aromatic heterocycles. The van der Waals surface area contributed by atoms with E-state index in [2.05, 4.69) is 20.7 Å². The normalized spacial score (nSPS) is 11.1. The predicted molar refractivity (Wildman–Crippen MR) is 110 cm³/mol. The van der Waals surface area contributed by atoms with Gasteiger partial charge in [0.25, 0.3) is 0 Å². The number of carbonyl (C=O) groups is 1. The highest BCUT2D eigenvalue weighted by molar-refractivity contribution is 9.10. The maximum Gasteiger partial charge on any atom is 0.387 e. The molecule has 30 heavy (non-hydrogen) atoms. The molecule has 0 amide bonds. The van der Waals surface area contributed by atoms with Crippen LogP contribution in [0.5, 0.6) is 17.2 Å². The van der Waals surface area contributed by atoms with E-state index < -0.39 is 6.61 Å². The number of benzene rings is 2. The maximum atomic E-state index is 12.4. The lowest BCUT2D eigenvalue weighted by Gasteiger charge is -2.10. The molecule has 5 nitrogen and oxygen atoms in total. The Hall–Kier alpha value is -3.13. The molecule has 8 heteroatoms. The Morgan fingerprint density at radius 2 is 1.90 bits per heavy atom. The Bertz CT molecular complexity index is 1050. The molecule has 0 fully saturated rings. The fourth-order valence-corrected chi connectivity index (χ4v) is 2.94. The minimum atomic E-state index is -2.99. The number of allylic oxidation sites excluding steroid dienone is 1. The Morgan fingerprint density at radius 3 is 2.63 bits per heavy atom. The number of halogens is 3. The lowest BCUT2D eigenvalue weighted by molar-refractivity contribution is -0.0512. The largest absolute Gasteiger partial charge is 0.493 e. The van der Waals surface area contributed by atoms with Crippen molar-refractivity contribution in [2.75, 3.05) is 7.11 Å². The monoisotopic (exact) mass is 478 g/mol. The summed E-state index contributed by atoms with van der Waals surface area (Å²) in [5.41, 5.74) is 0.258. The van der Waals surface area contributed by atoms with Crippen molar-refractivity contribution in [1.82, 2.24) is 0 Å². The van der Waals surface area contributed by atoms with Gasteiger partial charge in [0, 0.05) is 5.56 Å². The highest BCUT2D eigenvalue weighted by atomic mass is 79.9. The van der Waals surface area contributed by atoms with Crippen LogP contribution in [0.1, 0.15) is 21.9 Å². The number of furan rings is 1. The van der Waals surface area contributed by atoms with E-state index in [1.165, 1.54) is 37.5 Å². The molecular weight excluding hydrogens is 462 g/mol. The molecule has 3 aromatic rings. The van der Waals surface area contributed by atoms with Crippen LogP contribution in [0.3, 0.4) is 0 Å². The lowest BCUT2D eigenvalue weighted by Crippen LogP contribution is -2.04. The summed E-state index contributed by atoms with van der Waals surface area (Å²) in [5.74, 6) is 1.30. The average molecular weight is 479 g/mol. The molecule has 0 atom stereocenters. The number of rotatable bonds is 9. The topological polar surface area (TPSA) is 57.9 Å². The molecule has 0 aliphatic heterocycles. The van der Waals surface area contributed by atoms with Gasteiger partial charge in [0.1, 0.15) is 23.9 Å². The van der Waals surface area contributed by atoms with Gasteiger partial charge in [-0.2, -0.15) is 8.78 Å². The molecule has 0 unspecified atom stereocenters. The van der Waals surface area contributed by atoms with Gasteiger partial charge >= 0.3 is 6.61 Å². The van der Waals surface area contributed by atoms with Crippen LogP contribution in [0.4, 0.5) is 8.78 Å². The summed E-state index contributed by atoms with van der Waals surface area (Å²) in [5, 5.41) is 0. The van der Waals surface area contributed by atoms with Crippen LogP contribution in [-0.2, 0) is 6.61 Å². The fourth-order valence-electron chi connectivity index (χ4n) is 2.54. The number of hydrogen-bond acceptors (Lipinski definition) is 5. The van der Waals surface area contributed by atoms with Crippen molar-refractivity contribution in [3.63, 3.8) is 0 Å². The Labute approximate surface area is 180 Å². The van der Waals surface area contributed by atoms with Gasteiger partial charge in [0.15, 0.2) is 17.3 Å². The minimum absolute atomic E-state index is 0.0408. The smallest absolute Gasteiger partial charge is 0.387 e. The van der Waals surface area contributed by atoms with E-state index in [0.29, 0.717) is 17.3 Å². The molecule has 0 aliphatic rings. The third-order valence-corrected chi connectivity index (χ3v) is 4.61. The van der Waals surface area contributed by atoms with Crippen LogP contribution in [0.25, 0.3) is 6.08 Å². The maximum absolute atomic E-state index is 12.4. The van der Waals surface area contributed by atoms with Crippen LogP contribution in [-0.4, -0.2) is 19.5 Å². The van der Waals surface area contributed by atoms with Crippen molar-refractivity contribution in [1.29, 1.82) is 0 Å². The third kappa shape index (κ3) is 5.70. The number of carbonyl (C=O) groups excluding carboxylic acids is 1.